The van der Waals surface area contributed by atoms with Crippen LogP contribution in [0.3, 0.4) is 0 Å². The average Bonchev–Trinajstić information content (AvgIpc) is 2.64. The first-order valence-electron chi connectivity index (χ1n) is 5.64. The molecule has 2 aromatic rings. The summed E-state index contributed by atoms with van der Waals surface area (Å²) in [7, 11) is 0. The molecule has 2 aromatic heterocycles. The second-order valence-electron chi connectivity index (χ2n) is 5.31. The van der Waals surface area contributed by atoms with Gasteiger partial charge in [0, 0.05) is 11.6 Å². The first kappa shape index (κ1) is 13.4. The summed E-state index contributed by atoms with van der Waals surface area (Å²) in [5.74, 6) is 0. The summed E-state index contributed by atoms with van der Waals surface area (Å²) in [6.45, 7) is 5.58. The van der Waals surface area contributed by atoms with E-state index in [0.717, 1.165) is 12.3 Å². The summed E-state index contributed by atoms with van der Waals surface area (Å²) < 4.78 is 39.2. The van der Waals surface area contributed by atoms with Gasteiger partial charge in [-0.1, -0.05) is 20.8 Å². The molecule has 0 aliphatic rings. The molecule has 6 heteroatoms. The van der Waals surface area contributed by atoms with Gasteiger partial charge in [-0.2, -0.15) is 18.4 Å². The predicted octanol–water partition coefficient (Wildman–Crippen LogP) is 3.52. The van der Waals surface area contributed by atoms with Crippen molar-refractivity contribution in [3.63, 3.8) is 0 Å². The van der Waals surface area contributed by atoms with Gasteiger partial charge < -0.3 is 0 Å². The first-order valence-corrected chi connectivity index (χ1v) is 5.64. The van der Waals surface area contributed by atoms with Crippen LogP contribution in [0.15, 0.2) is 18.3 Å². The monoisotopic (exact) mass is 267 g/mol. The van der Waals surface area contributed by atoms with Crippen LogP contribution >= 0.6 is 0 Å². The largest absolute Gasteiger partial charge is 0.417 e. The molecule has 3 nitrogen and oxygen atoms in total. The third-order valence-electron chi connectivity index (χ3n) is 2.76. The molecule has 2 heterocycles. The van der Waals surface area contributed by atoms with Crippen molar-refractivity contribution < 1.29 is 13.2 Å². The van der Waals surface area contributed by atoms with E-state index in [-0.39, 0.29) is 5.69 Å². The first-order chi connectivity index (χ1) is 8.64. The third kappa shape index (κ3) is 2.28. The Labute approximate surface area is 108 Å². The third-order valence-corrected chi connectivity index (χ3v) is 2.76. The van der Waals surface area contributed by atoms with E-state index < -0.39 is 17.2 Å². The van der Waals surface area contributed by atoms with Crippen molar-refractivity contribution in [2.45, 2.75) is 32.4 Å². The van der Waals surface area contributed by atoms with E-state index in [9.17, 15) is 18.4 Å². The minimum Gasteiger partial charge on any atom is -0.290 e. The Kier molecular flexibility index (Phi) is 2.81. The van der Waals surface area contributed by atoms with Crippen molar-refractivity contribution in [3.8, 4) is 6.07 Å². The van der Waals surface area contributed by atoms with Gasteiger partial charge in [0.15, 0.2) is 0 Å². The zero-order valence-corrected chi connectivity index (χ0v) is 10.7. The highest BCUT2D eigenvalue weighted by Gasteiger charge is 2.32. The molecular weight excluding hydrogens is 255 g/mol. The van der Waals surface area contributed by atoms with Crippen molar-refractivity contribution >= 4 is 5.65 Å². The van der Waals surface area contributed by atoms with Crippen LogP contribution in [0.4, 0.5) is 13.2 Å². The smallest absolute Gasteiger partial charge is 0.290 e. The molecule has 0 amide bonds. The highest BCUT2D eigenvalue weighted by molar-refractivity contribution is 5.50. The Bertz CT molecular complexity index is 669. The molecule has 0 fully saturated rings. The van der Waals surface area contributed by atoms with Crippen LogP contribution in [0, 0.1) is 11.3 Å². The zero-order valence-electron chi connectivity index (χ0n) is 10.7. The van der Waals surface area contributed by atoms with Gasteiger partial charge >= 0.3 is 6.18 Å². The van der Waals surface area contributed by atoms with E-state index >= 15 is 0 Å². The van der Waals surface area contributed by atoms with Gasteiger partial charge in [0.05, 0.1) is 11.3 Å². The molecular formula is C13H12F3N3. The number of hydrogen-bond acceptors (Lipinski definition) is 2. The number of aromatic nitrogens is 2. The summed E-state index contributed by atoms with van der Waals surface area (Å²) in [6.07, 6.45) is -3.52. The second-order valence-corrected chi connectivity index (χ2v) is 5.31. The van der Waals surface area contributed by atoms with E-state index in [1.54, 1.807) is 0 Å². The molecule has 0 radical (unpaired) electrons. The van der Waals surface area contributed by atoms with E-state index in [0.29, 0.717) is 11.3 Å². The Balaban J connectivity index is 2.77. The molecule has 0 atom stereocenters. The Morgan fingerprint density at radius 2 is 1.84 bits per heavy atom. The van der Waals surface area contributed by atoms with Crippen LogP contribution < -0.4 is 0 Å². The lowest BCUT2D eigenvalue weighted by Gasteiger charge is -2.15. The highest BCUT2D eigenvalue weighted by Crippen LogP contribution is 2.31. The molecule has 0 N–H and O–H groups in total. The van der Waals surface area contributed by atoms with Gasteiger partial charge in [0.1, 0.15) is 17.4 Å². The Morgan fingerprint density at radius 1 is 1.21 bits per heavy atom. The number of rotatable bonds is 0. The summed E-state index contributed by atoms with van der Waals surface area (Å²) in [5.41, 5.74) is -0.220. The van der Waals surface area contributed by atoms with Crippen molar-refractivity contribution in [2.75, 3.05) is 0 Å². The van der Waals surface area contributed by atoms with Crippen molar-refractivity contribution in [1.29, 1.82) is 5.26 Å². The molecule has 2 rings (SSSR count). The number of nitrogens with zero attached hydrogens (tertiary/aromatic N) is 3. The maximum absolute atomic E-state index is 12.7. The fraction of sp³-hybridized carbons (Fsp3) is 0.385. The summed E-state index contributed by atoms with van der Waals surface area (Å²) in [5, 5.41) is 9.17. The SMILES string of the molecule is CC(C)(C)c1nc2ccc(C(F)(F)F)cn2c1C#N. The van der Waals surface area contributed by atoms with Crippen LogP contribution in [-0.4, -0.2) is 9.38 Å². The standard InChI is InChI=1S/C13H12F3N3/c1-12(2,3)11-9(6-17)19-7-8(13(14,15)16)4-5-10(19)18-11/h4-5,7H,1-3H3. The quantitative estimate of drug-likeness (QED) is 0.732. The molecule has 0 unspecified atom stereocenters. The maximum Gasteiger partial charge on any atom is 0.417 e. The number of alkyl halides is 3. The molecule has 100 valence electrons. The summed E-state index contributed by atoms with van der Waals surface area (Å²) in [6, 6.07) is 4.18. The maximum atomic E-state index is 12.7. The summed E-state index contributed by atoms with van der Waals surface area (Å²) in [4.78, 5) is 4.25. The molecule has 0 saturated heterocycles. The van der Waals surface area contributed by atoms with E-state index in [1.807, 2.05) is 26.8 Å². The van der Waals surface area contributed by atoms with Crippen molar-refractivity contribution in [2.24, 2.45) is 0 Å². The van der Waals surface area contributed by atoms with Crippen LogP contribution in [0.5, 0.6) is 0 Å². The minimum absolute atomic E-state index is 0.147. The molecule has 0 spiro atoms. The van der Waals surface area contributed by atoms with Crippen LogP contribution in [0.2, 0.25) is 0 Å². The van der Waals surface area contributed by atoms with Crippen LogP contribution in [0.1, 0.15) is 37.7 Å². The minimum atomic E-state index is -4.44. The van der Waals surface area contributed by atoms with E-state index in [4.69, 9.17) is 0 Å². The molecule has 0 saturated carbocycles. The Hall–Kier alpha value is -2.03. The lowest BCUT2D eigenvalue weighted by atomic mass is 9.91. The lowest BCUT2D eigenvalue weighted by Crippen LogP contribution is -2.13. The van der Waals surface area contributed by atoms with Crippen LogP contribution in [-0.2, 0) is 11.6 Å². The fourth-order valence-corrected chi connectivity index (χ4v) is 1.84. The van der Waals surface area contributed by atoms with Gasteiger partial charge in [0.25, 0.3) is 0 Å². The molecule has 0 aliphatic carbocycles. The highest BCUT2D eigenvalue weighted by atomic mass is 19.4. The lowest BCUT2D eigenvalue weighted by molar-refractivity contribution is -0.137. The number of fused-ring (bicyclic) bond motifs is 1. The van der Waals surface area contributed by atoms with Crippen LogP contribution in [0.25, 0.3) is 5.65 Å². The van der Waals surface area contributed by atoms with Gasteiger partial charge in [0.2, 0.25) is 0 Å². The number of nitriles is 1. The number of halogens is 3. The van der Waals surface area contributed by atoms with Gasteiger partial charge in [-0.25, -0.2) is 4.98 Å². The normalized spacial score (nSPS) is 12.7. The Morgan fingerprint density at radius 3 is 2.32 bits per heavy atom. The number of hydrogen-bond donors (Lipinski definition) is 0. The fourth-order valence-electron chi connectivity index (χ4n) is 1.84. The topological polar surface area (TPSA) is 41.1 Å². The average molecular weight is 267 g/mol. The van der Waals surface area contributed by atoms with Gasteiger partial charge in [-0.15, -0.1) is 0 Å². The molecule has 0 aliphatic heterocycles. The molecule has 0 bridgehead atoms. The van der Waals surface area contributed by atoms with Gasteiger partial charge in [-0.3, -0.25) is 4.40 Å². The second kappa shape index (κ2) is 3.98. The molecule has 0 aromatic carbocycles. The predicted molar refractivity (Wildman–Crippen MR) is 63.6 cm³/mol. The van der Waals surface area contributed by atoms with E-state index in [2.05, 4.69) is 4.98 Å². The summed E-state index contributed by atoms with van der Waals surface area (Å²) >= 11 is 0. The van der Waals surface area contributed by atoms with E-state index in [1.165, 1.54) is 10.5 Å². The zero-order chi connectivity index (χ0) is 14.4. The number of pyridine rings is 1. The van der Waals surface area contributed by atoms with Gasteiger partial charge in [-0.05, 0) is 12.1 Å². The molecule has 19 heavy (non-hydrogen) atoms. The van der Waals surface area contributed by atoms with Crippen molar-refractivity contribution in [3.05, 3.63) is 35.3 Å². The van der Waals surface area contributed by atoms with Crippen molar-refractivity contribution in [1.82, 2.24) is 9.38 Å². The number of imidazole rings is 1.